The van der Waals surface area contributed by atoms with Crippen LogP contribution in [0, 0.1) is 0 Å². The standard InChI is InChI=1S/C23H20F9N7O2/c1-3-14-9-16(18-15(39(14)20(40)41)4-5-17(33-18)23(30,31)32)38(19-34-36-37(2)35-19)10-11-6-12(21(24,25)26)8-13(7-11)22(27,28)29/h4-8,14,16H,3,9-10H2,1-2H3,(H,40,41). The number of amides is 1. The molecule has 0 spiro atoms. The normalized spacial score (nSPS) is 17.9. The number of halogens is 9. The lowest BCUT2D eigenvalue weighted by Gasteiger charge is -2.42. The van der Waals surface area contributed by atoms with Gasteiger partial charge in [0.25, 0.3) is 5.95 Å². The Kier molecular flexibility index (Phi) is 7.55. The molecule has 2 atom stereocenters. The number of benzene rings is 1. The number of fused-ring (bicyclic) bond motifs is 1. The van der Waals surface area contributed by atoms with Crippen molar-refractivity contribution < 1.29 is 49.4 Å². The topological polar surface area (TPSA) is 100 Å². The van der Waals surface area contributed by atoms with Crippen LogP contribution in [-0.4, -0.2) is 42.4 Å². The lowest BCUT2D eigenvalue weighted by Crippen LogP contribution is -2.47. The van der Waals surface area contributed by atoms with Crippen molar-refractivity contribution in [3.05, 3.63) is 58.4 Å². The van der Waals surface area contributed by atoms with Crippen LogP contribution in [0.5, 0.6) is 0 Å². The van der Waals surface area contributed by atoms with Crippen LogP contribution in [0.15, 0.2) is 30.3 Å². The minimum atomic E-state index is -5.15. The van der Waals surface area contributed by atoms with E-state index < -0.39 is 71.3 Å². The second-order valence-corrected chi connectivity index (χ2v) is 9.19. The van der Waals surface area contributed by atoms with Gasteiger partial charge in [0.15, 0.2) is 0 Å². The summed E-state index contributed by atoms with van der Waals surface area (Å²) in [6.07, 6.45) is -16.8. The molecule has 2 unspecified atom stereocenters. The molecule has 3 aromatic rings. The number of aromatic nitrogens is 5. The number of pyridine rings is 1. The van der Waals surface area contributed by atoms with Gasteiger partial charge in [0.05, 0.1) is 35.6 Å². The number of anilines is 2. The van der Waals surface area contributed by atoms with E-state index in [0.717, 1.165) is 20.7 Å². The van der Waals surface area contributed by atoms with E-state index >= 15 is 0 Å². The van der Waals surface area contributed by atoms with Gasteiger partial charge >= 0.3 is 24.6 Å². The third kappa shape index (κ3) is 6.14. The molecule has 1 N–H and O–H groups in total. The van der Waals surface area contributed by atoms with E-state index in [4.69, 9.17) is 0 Å². The number of nitrogens with zero attached hydrogens (tertiary/aromatic N) is 7. The van der Waals surface area contributed by atoms with Gasteiger partial charge in [0, 0.05) is 12.6 Å². The van der Waals surface area contributed by atoms with Crippen LogP contribution in [0.3, 0.4) is 0 Å². The molecule has 2 aromatic heterocycles. The first kappa shape index (κ1) is 29.9. The Balaban J connectivity index is 1.93. The predicted molar refractivity (Wildman–Crippen MR) is 123 cm³/mol. The summed E-state index contributed by atoms with van der Waals surface area (Å²) in [5, 5.41) is 21.2. The minimum Gasteiger partial charge on any atom is -0.465 e. The highest BCUT2D eigenvalue weighted by Crippen LogP contribution is 2.44. The van der Waals surface area contributed by atoms with Crippen LogP contribution in [0.4, 0.5) is 55.9 Å². The fourth-order valence-electron chi connectivity index (χ4n) is 4.65. The van der Waals surface area contributed by atoms with E-state index in [-0.39, 0.29) is 30.5 Å². The van der Waals surface area contributed by atoms with E-state index in [1.807, 2.05) is 0 Å². The first-order valence-electron chi connectivity index (χ1n) is 11.8. The Bertz CT molecular complexity index is 1400. The maximum atomic E-state index is 13.6. The van der Waals surface area contributed by atoms with E-state index in [1.54, 1.807) is 6.92 Å². The van der Waals surface area contributed by atoms with E-state index in [0.29, 0.717) is 18.2 Å². The highest BCUT2D eigenvalue weighted by atomic mass is 19.4. The number of carboxylic acid groups (broad SMARTS) is 1. The molecule has 41 heavy (non-hydrogen) atoms. The Hall–Kier alpha value is -4.12. The third-order valence-corrected chi connectivity index (χ3v) is 6.44. The molecule has 0 radical (unpaired) electrons. The van der Waals surface area contributed by atoms with Crippen molar-refractivity contribution in [2.75, 3.05) is 9.80 Å². The van der Waals surface area contributed by atoms with Crippen LogP contribution < -0.4 is 9.80 Å². The zero-order chi connectivity index (χ0) is 30.5. The Morgan fingerprint density at radius 3 is 2.07 bits per heavy atom. The van der Waals surface area contributed by atoms with Crippen molar-refractivity contribution in [1.82, 2.24) is 25.2 Å². The molecule has 1 aliphatic heterocycles. The van der Waals surface area contributed by atoms with Crippen LogP contribution >= 0.6 is 0 Å². The maximum Gasteiger partial charge on any atom is 0.433 e. The quantitative estimate of drug-likeness (QED) is 0.356. The molecule has 0 bridgehead atoms. The highest BCUT2D eigenvalue weighted by Gasteiger charge is 2.43. The third-order valence-electron chi connectivity index (χ3n) is 6.44. The van der Waals surface area contributed by atoms with E-state index in [1.165, 1.54) is 7.05 Å². The zero-order valence-electron chi connectivity index (χ0n) is 21.1. The number of aryl methyl sites for hydroxylation is 1. The Labute approximate surface area is 225 Å². The lowest BCUT2D eigenvalue weighted by atomic mass is 9.91. The summed E-state index contributed by atoms with van der Waals surface area (Å²) in [4.78, 5) is 18.6. The number of tetrazole rings is 1. The largest absolute Gasteiger partial charge is 0.465 e. The summed E-state index contributed by atoms with van der Waals surface area (Å²) < 4.78 is 122. The van der Waals surface area contributed by atoms with Crippen molar-refractivity contribution in [2.24, 2.45) is 7.05 Å². The predicted octanol–water partition coefficient (Wildman–Crippen LogP) is 6.08. The Morgan fingerprint density at radius 2 is 1.61 bits per heavy atom. The van der Waals surface area contributed by atoms with Gasteiger partial charge in [-0.05, 0) is 54.0 Å². The van der Waals surface area contributed by atoms with E-state index in [2.05, 4.69) is 20.4 Å². The molecule has 18 heteroatoms. The van der Waals surface area contributed by atoms with Crippen molar-refractivity contribution in [2.45, 2.75) is 56.9 Å². The second-order valence-electron chi connectivity index (χ2n) is 9.19. The van der Waals surface area contributed by atoms with Crippen molar-refractivity contribution >= 4 is 17.7 Å². The number of hydrogen-bond acceptors (Lipinski definition) is 6. The average Bonchev–Trinajstić information content (AvgIpc) is 3.30. The fraction of sp³-hybridized carbons (Fsp3) is 0.435. The molecule has 9 nitrogen and oxygen atoms in total. The maximum absolute atomic E-state index is 13.6. The van der Waals surface area contributed by atoms with Gasteiger partial charge < -0.3 is 10.0 Å². The average molecular weight is 597 g/mol. The number of hydrogen-bond donors (Lipinski definition) is 1. The summed E-state index contributed by atoms with van der Waals surface area (Å²) >= 11 is 0. The first-order valence-corrected chi connectivity index (χ1v) is 11.8. The molecular weight excluding hydrogens is 577 g/mol. The van der Waals surface area contributed by atoms with Crippen molar-refractivity contribution in [1.29, 1.82) is 0 Å². The summed E-state index contributed by atoms with van der Waals surface area (Å²) in [7, 11) is 1.32. The number of rotatable bonds is 5. The molecule has 0 fully saturated rings. The van der Waals surface area contributed by atoms with Crippen molar-refractivity contribution in [3.8, 4) is 0 Å². The Morgan fingerprint density at radius 1 is 1.00 bits per heavy atom. The number of alkyl halides is 9. The smallest absolute Gasteiger partial charge is 0.433 e. The van der Waals surface area contributed by atoms with Crippen LogP contribution in [-0.2, 0) is 32.1 Å². The summed E-state index contributed by atoms with van der Waals surface area (Å²) in [5.74, 6) is -0.340. The van der Waals surface area contributed by atoms with Gasteiger partial charge in [-0.3, -0.25) is 4.90 Å². The summed E-state index contributed by atoms with van der Waals surface area (Å²) in [6.45, 7) is 0.859. The molecule has 1 amide bonds. The van der Waals surface area contributed by atoms with Gasteiger partial charge in [-0.2, -0.15) is 44.3 Å². The van der Waals surface area contributed by atoms with E-state index in [9.17, 15) is 49.4 Å². The van der Waals surface area contributed by atoms with Crippen molar-refractivity contribution in [3.63, 3.8) is 0 Å². The first-order chi connectivity index (χ1) is 18.9. The van der Waals surface area contributed by atoms with Crippen LogP contribution in [0.2, 0.25) is 0 Å². The number of carbonyl (C=O) groups is 1. The SMILES string of the molecule is CCC1CC(N(Cc2cc(C(F)(F)F)cc(C(F)(F)F)c2)c2nnn(C)n2)c2nc(C(F)(F)F)ccc2N1C(=O)O. The second kappa shape index (κ2) is 10.4. The molecule has 0 aliphatic carbocycles. The molecule has 222 valence electrons. The van der Waals surface area contributed by atoms with Crippen LogP contribution in [0.1, 0.15) is 53.9 Å². The molecular formula is C23H20F9N7O2. The summed E-state index contributed by atoms with van der Waals surface area (Å²) in [6, 6.07) is 0.223. The minimum absolute atomic E-state index is 0.0562. The molecule has 1 aromatic carbocycles. The van der Waals surface area contributed by atoms with Gasteiger partial charge in [-0.1, -0.05) is 12.0 Å². The van der Waals surface area contributed by atoms with Crippen LogP contribution in [0.25, 0.3) is 0 Å². The molecule has 1 aliphatic rings. The lowest BCUT2D eigenvalue weighted by molar-refractivity contribution is -0.143. The highest BCUT2D eigenvalue weighted by molar-refractivity contribution is 5.88. The monoisotopic (exact) mass is 597 g/mol. The molecule has 0 saturated carbocycles. The summed E-state index contributed by atoms with van der Waals surface area (Å²) in [5.41, 5.74) is -5.75. The molecule has 3 heterocycles. The van der Waals surface area contributed by atoms with Gasteiger partial charge in [0.2, 0.25) is 0 Å². The van der Waals surface area contributed by atoms with Gasteiger partial charge in [0.1, 0.15) is 5.69 Å². The fourth-order valence-corrected chi connectivity index (χ4v) is 4.65. The molecule has 0 saturated heterocycles. The molecule has 4 rings (SSSR count). The van der Waals surface area contributed by atoms with Gasteiger partial charge in [-0.15, -0.1) is 5.10 Å². The van der Waals surface area contributed by atoms with Gasteiger partial charge in [-0.25, -0.2) is 9.78 Å². The zero-order valence-corrected chi connectivity index (χ0v) is 21.1.